The Morgan fingerprint density at radius 2 is 0.942 bits per heavy atom. The average molecular weight is 667 g/mol. The van der Waals surface area contributed by atoms with Gasteiger partial charge >= 0.3 is 0 Å². The van der Waals surface area contributed by atoms with Gasteiger partial charge in [-0.25, -0.2) is 0 Å². The first-order valence-electron chi connectivity index (χ1n) is 17.8. The summed E-state index contributed by atoms with van der Waals surface area (Å²) in [5.41, 5.74) is 15.5. The second kappa shape index (κ2) is 8.49. The minimum absolute atomic E-state index is 0.108. The van der Waals surface area contributed by atoms with E-state index in [4.69, 9.17) is 23.0 Å². The maximum Gasteiger partial charge on any atom is 0.256 e. The number of anilines is 3. The molecule has 0 atom stereocenters. The molecule has 0 radical (unpaired) electrons. The number of nitrogens with zero attached hydrogens (tertiary/aromatic N) is 1. The maximum atomic E-state index is 7.35. The molecule has 0 aliphatic carbocycles. The molecule has 52 heavy (non-hydrogen) atoms. The van der Waals surface area contributed by atoms with Crippen molar-refractivity contribution in [2.45, 2.75) is 13.8 Å². The maximum absolute atomic E-state index is 7.35. The van der Waals surface area contributed by atoms with Crippen molar-refractivity contribution in [3.8, 4) is 34.5 Å². The third-order valence-corrected chi connectivity index (χ3v) is 12.0. The number of furan rings is 2. The Labute approximate surface area is 296 Å². The monoisotopic (exact) mass is 667 g/mol. The third-order valence-electron chi connectivity index (χ3n) is 12.0. The van der Waals surface area contributed by atoms with Crippen molar-refractivity contribution in [1.29, 1.82) is 0 Å². The second-order valence-electron chi connectivity index (χ2n) is 14.9. The van der Waals surface area contributed by atoms with Crippen LogP contribution in [-0.2, 0) is 0 Å². The van der Waals surface area contributed by atoms with Gasteiger partial charge in [0.1, 0.15) is 34.2 Å². The number of benzene rings is 7. The average Bonchev–Trinajstić information content (AvgIpc) is 3.73. The van der Waals surface area contributed by atoms with Crippen molar-refractivity contribution < 1.29 is 23.0 Å². The van der Waals surface area contributed by atoms with Gasteiger partial charge in [-0.2, -0.15) is 0 Å². The third kappa shape index (κ3) is 2.86. The highest BCUT2D eigenvalue weighted by Crippen LogP contribution is 2.59. The Morgan fingerprint density at radius 3 is 1.46 bits per heavy atom. The van der Waals surface area contributed by atoms with Crippen molar-refractivity contribution in [2.24, 2.45) is 0 Å². The van der Waals surface area contributed by atoms with Gasteiger partial charge in [0.2, 0.25) is 0 Å². The Balaban J connectivity index is 1.22. The second-order valence-corrected chi connectivity index (χ2v) is 14.9. The van der Waals surface area contributed by atoms with E-state index in [2.05, 4.69) is 97.6 Å². The van der Waals surface area contributed by atoms with Gasteiger partial charge in [-0.05, 0) is 70.9 Å². The quantitative estimate of drug-likeness (QED) is 0.156. The van der Waals surface area contributed by atoms with Gasteiger partial charge in [0.15, 0.2) is 22.7 Å². The summed E-state index contributed by atoms with van der Waals surface area (Å²) in [4.78, 5) is 2.43. The normalized spacial score (nSPS) is 14.7. The molecule has 0 saturated heterocycles. The van der Waals surface area contributed by atoms with Crippen molar-refractivity contribution in [1.82, 2.24) is 0 Å². The Morgan fingerprint density at radius 1 is 0.442 bits per heavy atom. The van der Waals surface area contributed by atoms with E-state index in [0.717, 1.165) is 117 Å². The van der Waals surface area contributed by atoms with E-state index >= 15 is 0 Å². The van der Waals surface area contributed by atoms with Gasteiger partial charge in [0.05, 0.1) is 11.4 Å². The molecule has 0 spiro atoms. The molecule has 0 unspecified atom stereocenters. The SMILES string of the molecule is Cc1ccc2c(c1)B1c3cc4c(oc5ccccc54)c4c3N3c5c1c(cc1c5B(c5cc(C)ccc5O1)c1cc5c(oc6ccccc65)c(c13)O4)O2. The molecule has 0 bridgehead atoms. The molecule has 0 N–H and O–H groups in total. The highest BCUT2D eigenvalue weighted by atomic mass is 16.5. The molecule has 5 aliphatic rings. The number of hydrogen-bond donors (Lipinski definition) is 0. The lowest BCUT2D eigenvalue weighted by atomic mass is 9.29. The van der Waals surface area contributed by atoms with E-state index < -0.39 is 0 Å². The van der Waals surface area contributed by atoms with Crippen LogP contribution in [0, 0.1) is 13.8 Å². The standard InChI is InChI=1S/C44H23B2NO5/c1-20-11-13-32-26(15-20)45-28-17-24-22-7-3-5-9-30(22)50-41(24)43-38(28)47-39-29(18-25-23-8-4-6-10-31(23)51-42(25)44(39)52-43)46-27-16-21(2)12-14-33(27)49-35-19-34(48-32)36(45)40(47)37(35)46/h3-19H,1-2H3. The molecule has 9 aromatic rings. The van der Waals surface area contributed by atoms with Gasteiger partial charge in [0, 0.05) is 33.3 Å². The summed E-state index contributed by atoms with van der Waals surface area (Å²) in [7, 11) is 0. The fraction of sp³-hybridized carbons (Fsp3) is 0.0455. The van der Waals surface area contributed by atoms with E-state index in [1.54, 1.807) is 0 Å². The molecule has 0 saturated carbocycles. The molecule has 0 fully saturated rings. The lowest BCUT2D eigenvalue weighted by Gasteiger charge is -2.49. The van der Waals surface area contributed by atoms with Crippen LogP contribution in [0.2, 0.25) is 0 Å². The fourth-order valence-corrected chi connectivity index (χ4v) is 10.00. The predicted octanol–water partition coefficient (Wildman–Crippen LogP) is 7.55. The zero-order valence-electron chi connectivity index (χ0n) is 28.0. The molecule has 6 nitrogen and oxygen atoms in total. The van der Waals surface area contributed by atoms with E-state index in [1.807, 2.05) is 24.3 Å². The number of para-hydroxylation sites is 2. The minimum Gasteiger partial charge on any atom is -0.458 e. The van der Waals surface area contributed by atoms with Crippen LogP contribution in [0.1, 0.15) is 11.1 Å². The van der Waals surface area contributed by atoms with Crippen molar-refractivity contribution >= 4 is 107 Å². The minimum atomic E-state index is -0.108. The van der Waals surface area contributed by atoms with Gasteiger partial charge in [-0.1, -0.05) is 83.9 Å². The Bertz CT molecular complexity index is 3020. The van der Waals surface area contributed by atoms with Crippen LogP contribution in [0.25, 0.3) is 43.9 Å². The summed E-state index contributed by atoms with van der Waals surface area (Å²) in [5.74, 6) is 4.75. The van der Waals surface area contributed by atoms with Crippen molar-refractivity contribution in [3.63, 3.8) is 0 Å². The van der Waals surface area contributed by atoms with Crippen LogP contribution in [0.4, 0.5) is 17.1 Å². The number of rotatable bonds is 0. The van der Waals surface area contributed by atoms with Crippen LogP contribution in [0.5, 0.6) is 34.5 Å². The molecule has 14 rings (SSSR count). The zero-order chi connectivity index (χ0) is 33.7. The molecular formula is C44H23B2NO5. The first-order chi connectivity index (χ1) is 25.6. The smallest absolute Gasteiger partial charge is 0.256 e. The number of fused-ring (bicyclic) bond motifs is 14. The van der Waals surface area contributed by atoms with Crippen LogP contribution < -0.4 is 51.9 Å². The van der Waals surface area contributed by atoms with Crippen LogP contribution in [0.3, 0.4) is 0 Å². The number of aryl methyl sites for hydroxylation is 2. The van der Waals surface area contributed by atoms with Crippen LogP contribution in [-0.4, -0.2) is 13.4 Å². The highest BCUT2D eigenvalue weighted by Gasteiger charge is 2.54. The summed E-state index contributed by atoms with van der Waals surface area (Å²) in [5, 5.41) is 4.16. The topological polar surface area (TPSA) is 57.2 Å². The number of ether oxygens (including phenoxy) is 3. The van der Waals surface area contributed by atoms with Gasteiger partial charge in [0.25, 0.3) is 13.4 Å². The molecular weight excluding hydrogens is 644 g/mol. The van der Waals surface area contributed by atoms with Gasteiger partial charge in [-0.3, -0.25) is 0 Å². The Kier molecular flexibility index (Phi) is 4.30. The van der Waals surface area contributed by atoms with Gasteiger partial charge < -0.3 is 27.9 Å². The molecule has 2 aromatic heterocycles. The first-order valence-corrected chi connectivity index (χ1v) is 17.8. The number of hydrogen-bond acceptors (Lipinski definition) is 6. The van der Waals surface area contributed by atoms with Crippen LogP contribution >= 0.6 is 0 Å². The molecule has 240 valence electrons. The molecule has 7 aromatic carbocycles. The molecule has 5 aliphatic heterocycles. The summed E-state index contributed by atoms with van der Waals surface area (Å²) in [6.07, 6.45) is 0. The molecule has 8 heteroatoms. The van der Waals surface area contributed by atoms with E-state index in [1.165, 1.54) is 11.1 Å². The summed E-state index contributed by atoms with van der Waals surface area (Å²) < 4.78 is 34.6. The van der Waals surface area contributed by atoms with E-state index in [0.29, 0.717) is 11.5 Å². The first kappa shape index (κ1) is 26.3. The zero-order valence-corrected chi connectivity index (χ0v) is 28.0. The largest absolute Gasteiger partial charge is 0.458 e. The predicted molar refractivity (Wildman–Crippen MR) is 208 cm³/mol. The summed E-state index contributed by atoms with van der Waals surface area (Å²) >= 11 is 0. The Hall–Kier alpha value is -6.53. The van der Waals surface area contributed by atoms with Crippen molar-refractivity contribution in [2.75, 3.05) is 4.90 Å². The molecule has 0 amide bonds. The summed E-state index contributed by atoms with van der Waals surface area (Å²) in [6.45, 7) is 4.08. The van der Waals surface area contributed by atoms with Crippen LogP contribution in [0.15, 0.2) is 112 Å². The summed E-state index contributed by atoms with van der Waals surface area (Å²) in [6, 6.07) is 36.3. The van der Waals surface area contributed by atoms with Gasteiger partial charge in [-0.15, -0.1) is 0 Å². The lowest BCUT2D eigenvalue weighted by molar-refractivity contribution is 0.462. The highest BCUT2D eigenvalue weighted by molar-refractivity contribution is 7.04. The van der Waals surface area contributed by atoms with Crippen molar-refractivity contribution in [3.05, 3.63) is 114 Å². The van der Waals surface area contributed by atoms with E-state index in [9.17, 15) is 0 Å². The molecule has 7 heterocycles. The fourth-order valence-electron chi connectivity index (χ4n) is 10.00. The van der Waals surface area contributed by atoms with E-state index in [-0.39, 0.29) is 13.4 Å². The lowest BCUT2D eigenvalue weighted by Crippen LogP contribution is -2.67.